The van der Waals surface area contributed by atoms with Crippen LogP contribution < -0.4 is 16.0 Å². The van der Waals surface area contributed by atoms with E-state index in [2.05, 4.69) is 16.0 Å². The Morgan fingerprint density at radius 3 is 2.60 bits per heavy atom. The van der Waals surface area contributed by atoms with Gasteiger partial charge in [0, 0.05) is 6.04 Å². The molecule has 0 spiro atoms. The summed E-state index contributed by atoms with van der Waals surface area (Å²) in [6.45, 7) is 3.22. The molecule has 0 aromatic heterocycles. The second-order valence-corrected chi connectivity index (χ2v) is 5.87. The standard InChI is InChI=1S/C16H20F3N3O2.ClH/c1-10-8-20-7-6-13(10)22-14(23)9-21-15(24)11-4-2-3-5-12(11)16(17,18)19;/h2-5,10,13,20H,6-9H2,1H3,(H,21,24)(H,22,23);1H. The number of carbonyl (C=O) groups is 2. The first-order valence-corrected chi connectivity index (χ1v) is 7.73. The summed E-state index contributed by atoms with van der Waals surface area (Å²) in [5.41, 5.74) is -1.51. The van der Waals surface area contributed by atoms with E-state index in [-0.39, 0.29) is 30.9 Å². The third-order valence-electron chi connectivity index (χ3n) is 4.02. The number of hydrogen-bond acceptors (Lipinski definition) is 3. The van der Waals surface area contributed by atoms with Crippen molar-refractivity contribution < 1.29 is 22.8 Å². The molecule has 0 radical (unpaired) electrons. The molecule has 0 bridgehead atoms. The lowest BCUT2D eigenvalue weighted by molar-refractivity contribution is -0.137. The van der Waals surface area contributed by atoms with Gasteiger partial charge in [-0.3, -0.25) is 9.59 Å². The van der Waals surface area contributed by atoms with Gasteiger partial charge in [0.05, 0.1) is 17.7 Å². The van der Waals surface area contributed by atoms with Gasteiger partial charge >= 0.3 is 6.18 Å². The largest absolute Gasteiger partial charge is 0.417 e. The number of nitrogens with one attached hydrogen (secondary N) is 3. The van der Waals surface area contributed by atoms with Gasteiger partial charge in [0.2, 0.25) is 5.91 Å². The molecule has 2 rings (SSSR count). The van der Waals surface area contributed by atoms with E-state index in [1.54, 1.807) is 0 Å². The van der Waals surface area contributed by atoms with Gasteiger partial charge in [0.1, 0.15) is 0 Å². The number of hydrogen-bond donors (Lipinski definition) is 3. The molecule has 1 saturated heterocycles. The Hall–Kier alpha value is -1.80. The predicted molar refractivity (Wildman–Crippen MR) is 89.6 cm³/mol. The second kappa shape index (κ2) is 9.05. The van der Waals surface area contributed by atoms with E-state index < -0.39 is 29.1 Å². The number of rotatable bonds is 4. The number of amides is 2. The quantitative estimate of drug-likeness (QED) is 0.749. The minimum atomic E-state index is -4.62. The lowest BCUT2D eigenvalue weighted by atomic mass is 9.95. The van der Waals surface area contributed by atoms with Crippen LogP contribution in [0.15, 0.2) is 24.3 Å². The molecule has 1 aromatic carbocycles. The molecule has 2 unspecified atom stereocenters. The summed E-state index contributed by atoms with van der Waals surface area (Å²) >= 11 is 0. The van der Waals surface area contributed by atoms with Crippen LogP contribution >= 0.6 is 12.4 Å². The van der Waals surface area contributed by atoms with Gasteiger partial charge in [0.15, 0.2) is 0 Å². The van der Waals surface area contributed by atoms with Crippen molar-refractivity contribution in [3.8, 4) is 0 Å². The van der Waals surface area contributed by atoms with Gasteiger partial charge in [-0.2, -0.15) is 13.2 Å². The summed E-state index contributed by atoms with van der Waals surface area (Å²) in [6, 6.07) is 4.49. The summed E-state index contributed by atoms with van der Waals surface area (Å²) in [5.74, 6) is -1.08. The third kappa shape index (κ3) is 5.89. The molecule has 25 heavy (non-hydrogen) atoms. The van der Waals surface area contributed by atoms with Crippen molar-refractivity contribution in [1.82, 2.24) is 16.0 Å². The molecule has 0 aliphatic carbocycles. The zero-order chi connectivity index (χ0) is 17.7. The van der Waals surface area contributed by atoms with Crippen LogP contribution in [0.2, 0.25) is 0 Å². The summed E-state index contributed by atoms with van der Waals surface area (Å²) in [5, 5.41) is 8.26. The maximum Gasteiger partial charge on any atom is 0.417 e. The first-order valence-electron chi connectivity index (χ1n) is 7.73. The molecule has 5 nitrogen and oxygen atoms in total. The zero-order valence-corrected chi connectivity index (χ0v) is 14.5. The highest BCUT2D eigenvalue weighted by atomic mass is 35.5. The maximum absolute atomic E-state index is 12.9. The van der Waals surface area contributed by atoms with Crippen molar-refractivity contribution >= 4 is 24.2 Å². The van der Waals surface area contributed by atoms with Crippen molar-refractivity contribution in [2.45, 2.75) is 25.6 Å². The summed E-state index contributed by atoms with van der Waals surface area (Å²) < 4.78 is 38.7. The van der Waals surface area contributed by atoms with Crippen molar-refractivity contribution in [2.75, 3.05) is 19.6 Å². The Labute approximate surface area is 150 Å². The Morgan fingerprint density at radius 1 is 1.28 bits per heavy atom. The molecule has 1 aliphatic rings. The Kier molecular flexibility index (Phi) is 7.69. The first-order chi connectivity index (χ1) is 11.3. The average molecular weight is 380 g/mol. The molecular formula is C16H21ClF3N3O2. The van der Waals surface area contributed by atoms with Crippen molar-refractivity contribution in [3.05, 3.63) is 35.4 Å². The van der Waals surface area contributed by atoms with Crippen LogP contribution in [0.1, 0.15) is 29.3 Å². The molecule has 140 valence electrons. The molecule has 2 atom stereocenters. The van der Waals surface area contributed by atoms with Crippen LogP contribution in [0.3, 0.4) is 0 Å². The number of halogens is 4. The average Bonchev–Trinajstić information content (AvgIpc) is 2.54. The topological polar surface area (TPSA) is 70.2 Å². The van der Waals surface area contributed by atoms with Crippen LogP contribution in [-0.4, -0.2) is 37.5 Å². The smallest absolute Gasteiger partial charge is 0.351 e. The summed E-state index contributed by atoms with van der Waals surface area (Å²) in [6.07, 6.45) is -3.85. The van der Waals surface area contributed by atoms with Gasteiger partial charge in [-0.15, -0.1) is 12.4 Å². The monoisotopic (exact) mass is 379 g/mol. The highest BCUT2D eigenvalue weighted by molar-refractivity contribution is 5.97. The Bertz CT molecular complexity index is 611. The van der Waals surface area contributed by atoms with Crippen LogP contribution in [0.25, 0.3) is 0 Å². The van der Waals surface area contributed by atoms with E-state index in [1.807, 2.05) is 6.92 Å². The molecule has 9 heteroatoms. The second-order valence-electron chi connectivity index (χ2n) is 5.87. The minimum absolute atomic E-state index is 0. The van der Waals surface area contributed by atoms with Gasteiger partial charge in [-0.05, 0) is 37.6 Å². The molecule has 2 amide bonds. The maximum atomic E-state index is 12.9. The molecular weight excluding hydrogens is 359 g/mol. The van der Waals surface area contributed by atoms with E-state index in [0.717, 1.165) is 31.6 Å². The van der Waals surface area contributed by atoms with E-state index in [4.69, 9.17) is 0 Å². The third-order valence-corrected chi connectivity index (χ3v) is 4.02. The highest BCUT2D eigenvalue weighted by Gasteiger charge is 2.34. The SMILES string of the molecule is CC1CNCCC1NC(=O)CNC(=O)c1ccccc1C(F)(F)F.Cl. The van der Waals surface area contributed by atoms with Crippen molar-refractivity contribution in [2.24, 2.45) is 5.92 Å². The zero-order valence-electron chi connectivity index (χ0n) is 13.7. The van der Waals surface area contributed by atoms with E-state index in [9.17, 15) is 22.8 Å². The fourth-order valence-corrected chi connectivity index (χ4v) is 2.67. The minimum Gasteiger partial charge on any atom is -0.351 e. The van der Waals surface area contributed by atoms with Crippen LogP contribution in [-0.2, 0) is 11.0 Å². The first kappa shape index (κ1) is 21.2. The van der Waals surface area contributed by atoms with Crippen LogP contribution in [0.5, 0.6) is 0 Å². The van der Waals surface area contributed by atoms with Gasteiger partial charge in [-0.25, -0.2) is 0 Å². The fraction of sp³-hybridized carbons (Fsp3) is 0.500. The lowest BCUT2D eigenvalue weighted by Crippen LogP contribution is -2.50. The fourth-order valence-electron chi connectivity index (χ4n) is 2.67. The van der Waals surface area contributed by atoms with E-state index >= 15 is 0 Å². The number of carbonyl (C=O) groups excluding carboxylic acids is 2. The van der Waals surface area contributed by atoms with Gasteiger partial charge in [0.25, 0.3) is 5.91 Å². The molecule has 1 heterocycles. The van der Waals surface area contributed by atoms with Gasteiger partial charge < -0.3 is 16.0 Å². The molecule has 3 N–H and O–H groups in total. The molecule has 1 aliphatic heterocycles. The number of benzene rings is 1. The molecule has 1 fully saturated rings. The van der Waals surface area contributed by atoms with Gasteiger partial charge in [-0.1, -0.05) is 19.1 Å². The van der Waals surface area contributed by atoms with Crippen molar-refractivity contribution in [1.29, 1.82) is 0 Å². The Balaban J connectivity index is 0.00000312. The predicted octanol–water partition coefficient (Wildman–Crippen LogP) is 1.97. The van der Waals surface area contributed by atoms with E-state index in [0.29, 0.717) is 0 Å². The van der Waals surface area contributed by atoms with Crippen molar-refractivity contribution in [3.63, 3.8) is 0 Å². The summed E-state index contributed by atoms with van der Waals surface area (Å²) in [4.78, 5) is 23.9. The Morgan fingerprint density at radius 2 is 1.96 bits per heavy atom. The molecule has 0 saturated carbocycles. The highest BCUT2D eigenvalue weighted by Crippen LogP contribution is 2.31. The lowest BCUT2D eigenvalue weighted by Gasteiger charge is -2.30. The van der Waals surface area contributed by atoms with Crippen LogP contribution in [0.4, 0.5) is 13.2 Å². The normalized spacial score (nSPS) is 20.3. The van der Waals surface area contributed by atoms with E-state index in [1.165, 1.54) is 12.1 Å². The molecule has 1 aromatic rings. The number of alkyl halides is 3. The number of piperidine rings is 1. The van der Waals surface area contributed by atoms with Crippen LogP contribution in [0, 0.1) is 5.92 Å². The summed E-state index contributed by atoms with van der Waals surface area (Å²) in [7, 11) is 0.